The average Bonchev–Trinajstić information content (AvgIpc) is 3.39. The molecule has 3 N–H and O–H groups in total. The van der Waals surface area contributed by atoms with Gasteiger partial charge in [0.15, 0.2) is 17.3 Å². The lowest BCUT2D eigenvalue weighted by Gasteiger charge is -2.19. The van der Waals surface area contributed by atoms with Crippen LogP contribution in [-0.4, -0.2) is 34.7 Å². The second kappa shape index (κ2) is 8.22. The molecule has 0 aliphatic carbocycles. The smallest absolute Gasteiger partial charge is 0.283 e. The standard InChI is InChI=1S/C24H20N8O2/c1-3-8-16-11-14-30-19(16)24(34)32(17-9-5-4-6-10-17)21(29-30)15(2)27-23(33)18-20(25)28-31-13-7-12-26-22(18)31/h4-7,9-15H,1-2H3,(H2,25,28)(H,27,33)/t15-/m1/s1. The molecular weight excluding hydrogens is 432 g/mol. The molecule has 0 spiro atoms. The van der Waals surface area contributed by atoms with Crippen molar-refractivity contribution in [3.63, 3.8) is 0 Å². The van der Waals surface area contributed by atoms with Gasteiger partial charge in [-0.25, -0.2) is 14.0 Å². The average molecular weight is 452 g/mol. The highest BCUT2D eigenvalue weighted by atomic mass is 16.2. The molecule has 1 amide bonds. The van der Waals surface area contributed by atoms with E-state index in [1.165, 1.54) is 13.6 Å². The zero-order valence-electron chi connectivity index (χ0n) is 18.4. The van der Waals surface area contributed by atoms with Gasteiger partial charge in [0, 0.05) is 18.6 Å². The highest BCUT2D eigenvalue weighted by Crippen LogP contribution is 2.20. The first-order valence-electron chi connectivity index (χ1n) is 10.5. The van der Waals surface area contributed by atoms with E-state index in [9.17, 15) is 9.59 Å². The van der Waals surface area contributed by atoms with Crippen molar-refractivity contribution < 1.29 is 4.79 Å². The van der Waals surface area contributed by atoms with Crippen molar-refractivity contribution in [2.75, 3.05) is 5.73 Å². The molecule has 0 aliphatic heterocycles. The Morgan fingerprint density at radius 1 is 1.09 bits per heavy atom. The van der Waals surface area contributed by atoms with Crippen LogP contribution in [0.5, 0.6) is 0 Å². The number of fused-ring (bicyclic) bond motifs is 2. The van der Waals surface area contributed by atoms with Crippen LogP contribution in [0.3, 0.4) is 0 Å². The minimum absolute atomic E-state index is 0.0560. The van der Waals surface area contributed by atoms with Crippen LogP contribution in [0.1, 0.15) is 41.6 Å². The van der Waals surface area contributed by atoms with E-state index in [4.69, 9.17) is 5.73 Å². The number of nitrogens with one attached hydrogen (secondary N) is 1. The Labute approximate surface area is 193 Å². The summed E-state index contributed by atoms with van der Waals surface area (Å²) in [5, 5.41) is 11.7. The van der Waals surface area contributed by atoms with Crippen molar-refractivity contribution in [1.82, 2.24) is 34.1 Å². The molecule has 10 heteroatoms. The molecule has 1 atom stereocenters. The largest absolute Gasteiger partial charge is 0.381 e. The number of nitrogen functional groups attached to an aromatic ring is 1. The number of carbonyl (C=O) groups excluding carboxylic acids is 1. The van der Waals surface area contributed by atoms with Gasteiger partial charge < -0.3 is 11.1 Å². The maximum Gasteiger partial charge on any atom is 0.283 e. The highest BCUT2D eigenvalue weighted by Gasteiger charge is 2.25. The summed E-state index contributed by atoms with van der Waals surface area (Å²) in [4.78, 5) is 31.0. The van der Waals surface area contributed by atoms with E-state index in [0.29, 0.717) is 28.2 Å². The van der Waals surface area contributed by atoms with E-state index in [2.05, 4.69) is 32.3 Å². The number of aromatic nitrogens is 6. The van der Waals surface area contributed by atoms with Gasteiger partial charge in [-0.15, -0.1) is 11.0 Å². The Bertz CT molecular complexity index is 1670. The topological polar surface area (TPSA) is 125 Å². The van der Waals surface area contributed by atoms with Gasteiger partial charge in [0.05, 0.1) is 17.3 Å². The molecule has 0 saturated heterocycles. The molecule has 0 radical (unpaired) electrons. The van der Waals surface area contributed by atoms with E-state index < -0.39 is 11.9 Å². The summed E-state index contributed by atoms with van der Waals surface area (Å²) >= 11 is 0. The first kappa shape index (κ1) is 21.0. The van der Waals surface area contributed by atoms with Crippen LogP contribution in [0.2, 0.25) is 0 Å². The first-order chi connectivity index (χ1) is 16.5. The summed E-state index contributed by atoms with van der Waals surface area (Å²) in [5.74, 6) is 5.70. The van der Waals surface area contributed by atoms with Gasteiger partial charge in [0.1, 0.15) is 11.1 Å². The molecule has 4 aromatic heterocycles. The van der Waals surface area contributed by atoms with Gasteiger partial charge in [-0.3, -0.25) is 14.2 Å². The minimum atomic E-state index is -0.661. The molecule has 0 saturated carbocycles. The molecule has 4 heterocycles. The molecule has 10 nitrogen and oxygen atoms in total. The van der Waals surface area contributed by atoms with Gasteiger partial charge in [-0.05, 0) is 38.1 Å². The number of nitrogens with two attached hydrogens (primary N) is 1. The maximum atomic E-state index is 13.6. The monoisotopic (exact) mass is 452 g/mol. The van der Waals surface area contributed by atoms with E-state index in [1.807, 2.05) is 18.2 Å². The summed E-state index contributed by atoms with van der Waals surface area (Å²) < 4.78 is 4.42. The predicted octanol–water partition coefficient (Wildman–Crippen LogP) is 1.97. The molecule has 34 heavy (non-hydrogen) atoms. The van der Waals surface area contributed by atoms with Crippen molar-refractivity contribution >= 4 is 22.9 Å². The number of hydrogen-bond donors (Lipinski definition) is 2. The molecule has 0 unspecified atom stereocenters. The van der Waals surface area contributed by atoms with Gasteiger partial charge in [-0.2, -0.15) is 5.10 Å². The van der Waals surface area contributed by atoms with Gasteiger partial charge in [0.2, 0.25) is 0 Å². The summed E-state index contributed by atoms with van der Waals surface area (Å²) in [6.45, 7) is 3.45. The molecule has 0 aliphatic rings. The fraction of sp³-hybridized carbons (Fsp3) is 0.125. The first-order valence-corrected chi connectivity index (χ1v) is 10.5. The third-order valence-electron chi connectivity index (χ3n) is 5.37. The summed E-state index contributed by atoms with van der Waals surface area (Å²) in [5.41, 5.74) is 7.75. The van der Waals surface area contributed by atoms with Crippen LogP contribution in [0.4, 0.5) is 5.82 Å². The fourth-order valence-electron chi connectivity index (χ4n) is 3.88. The number of anilines is 1. The van der Waals surface area contributed by atoms with Crippen LogP contribution in [-0.2, 0) is 0 Å². The number of hydrogen-bond acceptors (Lipinski definition) is 6. The van der Waals surface area contributed by atoms with Crippen molar-refractivity contribution in [1.29, 1.82) is 0 Å². The van der Waals surface area contributed by atoms with Crippen molar-refractivity contribution in [3.05, 3.63) is 88.4 Å². The van der Waals surface area contributed by atoms with Gasteiger partial charge >= 0.3 is 0 Å². The van der Waals surface area contributed by atoms with Crippen LogP contribution < -0.4 is 16.6 Å². The Morgan fingerprint density at radius 3 is 2.65 bits per heavy atom. The van der Waals surface area contributed by atoms with Crippen LogP contribution in [0, 0.1) is 11.8 Å². The van der Waals surface area contributed by atoms with Crippen molar-refractivity contribution in [2.24, 2.45) is 0 Å². The number of carbonyl (C=O) groups is 1. The van der Waals surface area contributed by atoms with Gasteiger partial charge in [-0.1, -0.05) is 24.1 Å². The summed E-state index contributed by atoms with van der Waals surface area (Å²) in [6.07, 6.45) is 4.89. The van der Waals surface area contributed by atoms with Crippen LogP contribution in [0.15, 0.2) is 65.8 Å². The predicted molar refractivity (Wildman–Crippen MR) is 127 cm³/mol. The second-order valence-electron chi connectivity index (χ2n) is 7.58. The number of para-hydroxylation sites is 1. The van der Waals surface area contributed by atoms with Crippen molar-refractivity contribution in [3.8, 4) is 17.5 Å². The Balaban J connectivity index is 1.64. The number of rotatable bonds is 4. The minimum Gasteiger partial charge on any atom is -0.381 e. The quantitative estimate of drug-likeness (QED) is 0.402. The van der Waals surface area contributed by atoms with Crippen LogP contribution >= 0.6 is 0 Å². The lowest BCUT2D eigenvalue weighted by atomic mass is 10.2. The Kier molecular flexibility index (Phi) is 5.07. The lowest BCUT2D eigenvalue weighted by Crippen LogP contribution is -2.34. The SMILES string of the molecule is CC#Cc1ccn2nc([C@@H](C)NC(=O)c3c(N)nn4cccnc34)n(-c3ccccc3)c(=O)c12. The third kappa shape index (κ3) is 3.36. The molecule has 0 fully saturated rings. The molecule has 1 aromatic carbocycles. The summed E-state index contributed by atoms with van der Waals surface area (Å²) in [7, 11) is 0. The molecule has 0 bridgehead atoms. The summed E-state index contributed by atoms with van der Waals surface area (Å²) in [6, 6.07) is 11.9. The third-order valence-corrected chi connectivity index (χ3v) is 5.37. The lowest BCUT2D eigenvalue weighted by molar-refractivity contribution is 0.0940. The zero-order chi connectivity index (χ0) is 23.8. The van der Waals surface area contributed by atoms with E-state index in [1.54, 1.807) is 56.7 Å². The van der Waals surface area contributed by atoms with Crippen molar-refractivity contribution in [2.45, 2.75) is 19.9 Å². The maximum absolute atomic E-state index is 13.6. The van der Waals surface area contributed by atoms with E-state index in [0.717, 1.165) is 0 Å². The molecule has 5 aromatic rings. The Hall–Kier alpha value is -4.91. The fourth-order valence-corrected chi connectivity index (χ4v) is 3.88. The number of benzene rings is 1. The zero-order valence-corrected chi connectivity index (χ0v) is 18.4. The number of nitrogens with zero attached hydrogens (tertiary/aromatic N) is 6. The van der Waals surface area contributed by atoms with Gasteiger partial charge in [0.25, 0.3) is 11.5 Å². The molecular formula is C24H20N8O2. The second-order valence-corrected chi connectivity index (χ2v) is 7.58. The normalized spacial score (nSPS) is 11.8. The molecule has 5 rings (SSSR count). The van der Waals surface area contributed by atoms with E-state index in [-0.39, 0.29) is 16.9 Å². The highest BCUT2D eigenvalue weighted by molar-refractivity contribution is 6.04. The van der Waals surface area contributed by atoms with Crippen LogP contribution in [0.25, 0.3) is 16.9 Å². The molecule has 168 valence electrons. The van der Waals surface area contributed by atoms with E-state index >= 15 is 0 Å². The number of amides is 1. The Morgan fingerprint density at radius 2 is 1.88 bits per heavy atom.